The molecule has 11 rings (SSSR count). The van der Waals surface area contributed by atoms with Crippen molar-refractivity contribution in [3.63, 3.8) is 0 Å². The van der Waals surface area contributed by atoms with E-state index < -0.39 is 11.1 Å². The Hall–Kier alpha value is -5.82. The topological polar surface area (TPSA) is 47.1 Å². The molecule has 0 radical (unpaired) electrons. The normalized spacial score (nSPS) is 25.3. The minimum atomic E-state index is -1.04. The second-order valence-electron chi connectivity index (χ2n) is 15.6. The second-order valence-corrected chi connectivity index (χ2v) is 15.6. The smallest absolute Gasteiger partial charge is 0.254 e. The molecule has 6 aromatic carbocycles. The van der Waals surface area contributed by atoms with Gasteiger partial charge >= 0.3 is 0 Å². The first-order chi connectivity index (χ1) is 26.6. The van der Waals surface area contributed by atoms with Gasteiger partial charge in [-0.05, 0) is 58.4 Å². The average molecular weight is 705 g/mol. The summed E-state index contributed by atoms with van der Waals surface area (Å²) in [4.78, 5) is 41.2. The molecule has 4 atom stereocenters. The maximum absolute atomic E-state index is 16.1. The molecule has 5 aliphatic rings. The summed E-state index contributed by atoms with van der Waals surface area (Å²) < 4.78 is 0. The van der Waals surface area contributed by atoms with Gasteiger partial charge in [0.2, 0.25) is 0 Å². The molecule has 0 aromatic heterocycles. The maximum Gasteiger partial charge on any atom is 0.254 e. The van der Waals surface area contributed by atoms with Crippen LogP contribution >= 0.6 is 0 Å². The third-order valence-electron chi connectivity index (χ3n) is 13.1. The van der Waals surface area contributed by atoms with E-state index in [1.54, 1.807) is 0 Å². The van der Waals surface area contributed by atoms with Crippen LogP contribution in [-0.4, -0.2) is 33.7 Å². The quantitative estimate of drug-likeness (QED) is 0.189. The van der Waals surface area contributed by atoms with Gasteiger partial charge in [-0.3, -0.25) is 19.4 Å². The van der Waals surface area contributed by atoms with Gasteiger partial charge in [0.1, 0.15) is 11.1 Å². The molecule has 2 amide bonds. The summed E-state index contributed by atoms with van der Waals surface area (Å²) in [6.45, 7) is 2.10. The van der Waals surface area contributed by atoms with Crippen LogP contribution in [0.2, 0.25) is 0 Å². The van der Waals surface area contributed by atoms with Crippen LogP contribution in [0.25, 0.3) is 0 Å². The maximum atomic E-state index is 16.1. The predicted octanol–water partition coefficient (Wildman–Crippen LogP) is 7.74. The van der Waals surface area contributed by atoms with Crippen LogP contribution in [0.15, 0.2) is 158 Å². The highest BCUT2D eigenvalue weighted by molar-refractivity contribution is 6.11. The van der Waals surface area contributed by atoms with Crippen LogP contribution in [0.3, 0.4) is 0 Å². The lowest BCUT2D eigenvalue weighted by Gasteiger charge is -2.66. The third kappa shape index (κ3) is 4.18. The van der Waals surface area contributed by atoms with Crippen molar-refractivity contribution in [2.24, 2.45) is 0 Å². The zero-order chi connectivity index (χ0) is 36.0. The van der Waals surface area contributed by atoms with Gasteiger partial charge < -0.3 is 9.80 Å². The van der Waals surface area contributed by atoms with E-state index in [9.17, 15) is 0 Å². The van der Waals surface area contributed by atoms with E-state index >= 15 is 9.59 Å². The summed E-state index contributed by atoms with van der Waals surface area (Å²) in [5.74, 6) is 0.196. The average Bonchev–Trinajstić information content (AvgIpc) is 3.61. The lowest BCUT2D eigenvalue weighted by Crippen LogP contribution is -2.82. The lowest BCUT2D eigenvalue weighted by atomic mass is 9.63. The largest absolute Gasteiger partial charge is 0.306 e. The molecule has 6 aromatic rings. The van der Waals surface area contributed by atoms with Gasteiger partial charge in [-0.25, -0.2) is 0 Å². The molecular weight excluding hydrogens is 665 g/mol. The first kappa shape index (κ1) is 31.7. The van der Waals surface area contributed by atoms with E-state index in [0.29, 0.717) is 39.0 Å². The van der Waals surface area contributed by atoms with Crippen LogP contribution < -0.4 is 9.80 Å². The minimum absolute atomic E-state index is 0.0982. The number of hydrogen-bond acceptors (Lipinski definition) is 4. The number of hydrogen-bond donors (Lipinski definition) is 0. The van der Waals surface area contributed by atoms with Crippen LogP contribution in [0.4, 0.5) is 11.4 Å². The Balaban J connectivity index is 1.19. The van der Waals surface area contributed by atoms with Gasteiger partial charge in [0.05, 0.1) is 13.1 Å². The first-order valence-electron chi connectivity index (χ1n) is 19.2. The van der Waals surface area contributed by atoms with Crippen molar-refractivity contribution in [2.75, 3.05) is 9.80 Å². The molecule has 6 heteroatoms. The van der Waals surface area contributed by atoms with Gasteiger partial charge in [0.25, 0.3) is 11.8 Å². The molecule has 0 saturated carbocycles. The number of carbonyl (C=O) groups is 2. The minimum Gasteiger partial charge on any atom is -0.306 e. The second kappa shape index (κ2) is 11.8. The summed E-state index contributed by atoms with van der Waals surface area (Å²) in [5.41, 5.74) is 9.05. The van der Waals surface area contributed by atoms with Gasteiger partial charge in [0.15, 0.2) is 0 Å². The van der Waals surface area contributed by atoms with Gasteiger partial charge in [0, 0.05) is 47.7 Å². The van der Waals surface area contributed by atoms with Crippen molar-refractivity contribution in [3.8, 4) is 0 Å². The van der Waals surface area contributed by atoms with Crippen LogP contribution in [0.1, 0.15) is 44.5 Å². The number of rotatable bonds is 4. The van der Waals surface area contributed by atoms with E-state index in [1.165, 1.54) is 22.3 Å². The Labute approximate surface area is 315 Å². The van der Waals surface area contributed by atoms with E-state index in [1.807, 2.05) is 46.2 Å². The van der Waals surface area contributed by atoms with Crippen LogP contribution in [0.5, 0.6) is 0 Å². The third-order valence-corrected chi connectivity index (χ3v) is 13.1. The highest BCUT2D eigenvalue weighted by Gasteiger charge is 2.74. The Morgan fingerprint density at radius 1 is 0.426 bits per heavy atom. The number of carbonyl (C=O) groups excluding carboxylic acids is 2. The van der Waals surface area contributed by atoms with Crippen molar-refractivity contribution in [3.05, 3.63) is 202 Å². The van der Waals surface area contributed by atoms with E-state index in [0.717, 1.165) is 33.6 Å². The predicted molar refractivity (Wildman–Crippen MR) is 210 cm³/mol. The molecule has 2 spiro atoms. The summed E-state index contributed by atoms with van der Waals surface area (Å²) in [7, 11) is 0. The standard InChI is InChI=1S/C48H40N4O2/c53-45-47(39-23-11-13-25-41(39)49(45)29-33-15-3-1-4-16-33)43-27-35-19-7-10-22-38(35)32-52(43)48(44-28-36-20-8-9-21-37(36)31-51(44)47)40-24-12-14-26-42(40)50(46(48)54)30-34-17-5-2-6-18-34/h1-26,43-44H,27-32H2/t43-,44-,47-,48+/m1/s1. The fourth-order valence-electron chi connectivity index (χ4n) is 10.9. The van der Waals surface area contributed by atoms with Crippen molar-refractivity contribution in [1.29, 1.82) is 0 Å². The summed E-state index contributed by atoms with van der Waals surface area (Å²) in [6, 6.07) is 54.3. The Morgan fingerprint density at radius 2 is 0.778 bits per heavy atom. The highest BCUT2D eigenvalue weighted by Crippen LogP contribution is 2.63. The summed E-state index contributed by atoms with van der Waals surface area (Å²) in [6.07, 6.45) is 1.30. The molecule has 0 unspecified atom stereocenters. The molecule has 6 nitrogen and oxygen atoms in total. The number of nitrogens with zero attached hydrogens (tertiary/aromatic N) is 4. The van der Waals surface area contributed by atoms with Crippen molar-refractivity contribution in [2.45, 2.75) is 62.2 Å². The first-order valence-corrected chi connectivity index (χ1v) is 19.2. The van der Waals surface area contributed by atoms with E-state index in [4.69, 9.17) is 0 Å². The molecule has 0 bridgehead atoms. The SMILES string of the molecule is O=C1N(Cc2ccccc2)c2ccccc2[C@]12[C@H]1Cc3ccccc3CN1[C@@]1(C(=O)N(Cc3ccccc3)c3ccccc31)[C@H]1Cc3ccccc3CN12. The van der Waals surface area contributed by atoms with E-state index in [2.05, 4.69) is 131 Å². The molecule has 1 fully saturated rings. The fraction of sp³-hybridized carbons (Fsp3) is 0.208. The number of piperazine rings is 1. The molecule has 5 heterocycles. The number of anilines is 2. The van der Waals surface area contributed by atoms with Crippen LogP contribution in [0, 0.1) is 0 Å². The zero-order valence-electron chi connectivity index (χ0n) is 30.0. The Bertz CT molecular complexity index is 2230. The molecule has 264 valence electrons. The van der Waals surface area contributed by atoms with E-state index in [-0.39, 0.29) is 23.9 Å². The van der Waals surface area contributed by atoms with Crippen molar-refractivity contribution >= 4 is 23.2 Å². The fourth-order valence-corrected chi connectivity index (χ4v) is 10.9. The molecule has 0 N–H and O–H groups in total. The van der Waals surface area contributed by atoms with Crippen molar-refractivity contribution < 1.29 is 9.59 Å². The Morgan fingerprint density at radius 3 is 1.20 bits per heavy atom. The summed E-state index contributed by atoms with van der Waals surface area (Å²) in [5, 5.41) is 0. The number of para-hydroxylation sites is 2. The van der Waals surface area contributed by atoms with Gasteiger partial charge in [-0.1, -0.05) is 146 Å². The van der Waals surface area contributed by atoms with Crippen LogP contribution in [-0.2, 0) is 59.7 Å². The number of benzene rings is 6. The van der Waals surface area contributed by atoms with Gasteiger partial charge in [-0.15, -0.1) is 0 Å². The molecule has 0 aliphatic carbocycles. The molecule has 1 saturated heterocycles. The summed E-state index contributed by atoms with van der Waals surface area (Å²) >= 11 is 0. The lowest BCUT2D eigenvalue weighted by molar-refractivity contribution is -0.193. The van der Waals surface area contributed by atoms with Gasteiger partial charge in [-0.2, -0.15) is 0 Å². The highest BCUT2D eigenvalue weighted by atomic mass is 16.2. The molecule has 5 aliphatic heterocycles. The zero-order valence-corrected chi connectivity index (χ0v) is 30.0. The molecular formula is C48H40N4O2. The monoisotopic (exact) mass is 704 g/mol. The number of fused-ring (bicyclic) bond motifs is 12. The van der Waals surface area contributed by atoms with Crippen molar-refractivity contribution in [1.82, 2.24) is 9.80 Å². The number of amides is 2. The Kier molecular flexibility index (Phi) is 6.95. The molecule has 54 heavy (non-hydrogen) atoms.